The molecule has 1 saturated heterocycles. The van der Waals surface area contributed by atoms with Crippen molar-refractivity contribution in [1.82, 2.24) is 9.80 Å². The van der Waals surface area contributed by atoms with Crippen molar-refractivity contribution in [3.8, 4) is 0 Å². The van der Waals surface area contributed by atoms with Gasteiger partial charge >= 0.3 is 0 Å². The van der Waals surface area contributed by atoms with Crippen molar-refractivity contribution in [2.75, 3.05) is 26.7 Å². The van der Waals surface area contributed by atoms with Crippen molar-refractivity contribution in [3.05, 3.63) is 21.9 Å². The van der Waals surface area contributed by atoms with Crippen LogP contribution in [0.4, 0.5) is 0 Å². The van der Waals surface area contributed by atoms with E-state index in [4.69, 9.17) is 0 Å². The molecule has 1 aromatic heterocycles. The maximum Gasteiger partial charge on any atom is 0.226 e. The van der Waals surface area contributed by atoms with E-state index in [1.54, 1.807) is 0 Å². The first-order valence-electron chi connectivity index (χ1n) is 8.15. The average Bonchev–Trinajstić information content (AvgIpc) is 3.20. The summed E-state index contributed by atoms with van der Waals surface area (Å²) in [7, 11) is 2.02. The Morgan fingerprint density at radius 2 is 2.10 bits per heavy atom. The van der Waals surface area contributed by atoms with E-state index in [2.05, 4.69) is 35.8 Å². The van der Waals surface area contributed by atoms with Crippen LogP contribution in [0.25, 0.3) is 0 Å². The minimum Gasteiger partial charge on any atom is -0.342 e. The van der Waals surface area contributed by atoms with Crippen LogP contribution in [0.15, 0.2) is 12.1 Å². The molecule has 1 aromatic rings. The van der Waals surface area contributed by atoms with E-state index in [0.717, 1.165) is 38.9 Å². The van der Waals surface area contributed by atoms with Crippen molar-refractivity contribution in [2.45, 2.75) is 45.1 Å². The van der Waals surface area contributed by atoms with Crippen LogP contribution in [-0.4, -0.2) is 48.4 Å². The number of piperidine rings is 1. The van der Waals surface area contributed by atoms with E-state index in [9.17, 15) is 4.79 Å². The highest BCUT2D eigenvalue weighted by molar-refractivity contribution is 7.12. The predicted molar refractivity (Wildman–Crippen MR) is 87.8 cm³/mol. The summed E-state index contributed by atoms with van der Waals surface area (Å²) in [5.41, 5.74) is 0. The third-order valence-corrected chi connectivity index (χ3v) is 6.27. The molecule has 2 fully saturated rings. The van der Waals surface area contributed by atoms with Crippen molar-refractivity contribution in [3.63, 3.8) is 0 Å². The first-order valence-corrected chi connectivity index (χ1v) is 8.97. The molecule has 0 unspecified atom stereocenters. The van der Waals surface area contributed by atoms with Gasteiger partial charge in [-0.2, -0.15) is 0 Å². The van der Waals surface area contributed by atoms with Gasteiger partial charge in [-0.3, -0.25) is 4.79 Å². The normalized spacial score (nSPS) is 26.8. The quantitative estimate of drug-likeness (QED) is 0.853. The lowest BCUT2D eigenvalue weighted by molar-refractivity contribution is -0.134. The van der Waals surface area contributed by atoms with Crippen LogP contribution in [0.1, 0.15) is 41.9 Å². The molecule has 2 atom stereocenters. The third kappa shape index (κ3) is 3.16. The lowest BCUT2D eigenvalue weighted by Crippen LogP contribution is -2.46. The van der Waals surface area contributed by atoms with Gasteiger partial charge in [0.05, 0.1) is 0 Å². The van der Waals surface area contributed by atoms with Gasteiger partial charge in [0, 0.05) is 47.8 Å². The molecule has 0 N–H and O–H groups in total. The predicted octanol–water partition coefficient (Wildman–Crippen LogP) is 3.10. The summed E-state index contributed by atoms with van der Waals surface area (Å²) in [6.07, 6.45) is 3.31. The zero-order chi connectivity index (χ0) is 15.0. The first kappa shape index (κ1) is 15.0. The average molecular weight is 306 g/mol. The Morgan fingerprint density at radius 3 is 2.67 bits per heavy atom. The summed E-state index contributed by atoms with van der Waals surface area (Å²) in [6.45, 7) is 7.76. The maximum atomic E-state index is 12.7. The van der Waals surface area contributed by atoms with Crippen LogP contribution < -0.4 is 0 Å². The van der Waals surface area contributed by atoms with Gasteiger partial charge in [0.15, 0.2) is 0 Å². The van der Waals surface area contributed by atoms with Gasteiger partial charge in [-0.1, -0.05) is 6.92 Å². The molecule has 1 saturated carbocycles. The number of carbonyl (C=O) groups excluding carboxylic acids is 1. The number of amides is 1. The molecule has 0 bridgehead atoms. The van der Waals surface area contributed by atoms with E-state index in [0.29, 0.717) is 17.9 Å². The Hall–Kier alpha value is -0.870. The Bertz CT molecular complexity index is 505. The van der Waals surface area contributed by atoms with Crippen molar-refractivity contribution < 1.29 is 4.79 Å². The summed E-state index contributed by atoms with van der Waals surface area (Å²) in [6, 6.07) is 4.83. The number of hydrogen-bond donors (Lipinski definition) is 0. The molecule has 0 aromatic carbocycles. The second-order valence-corrected chi connectivity index (χ2v) is 7.83. The molecule has 116 valence electrons. The Kier molecular flexibility index (Phi) is 4.36. The topological polar surface area (TPSA) is 23.6 Å². The Balaban J connectivity index is 1.54. The molecule has 3 nitrogen and oxygen atoms in total. The number of thiophene rings is 1. The van der Waals surface area contributed by atoms with Gasteiger partial charge in [0.2, 0.25) is 5.91 Å². The fourth-order valence-corrected chi connectivity index (χ4v) is 4.56. The van der Waals surface area contributed by atoms with Crippen LogP contribution >= 0.6 is 11.3 Å². The Labute approximate surface area is 131 Å². The molecule has 1 aliphatic carbocycles. The molecule has 2 heterocycles. The van der Waals surface area contributed by atoms with E-state index in [1.807, 2.05) is 18.4 Å². The Morgan fingerprint density at radius 1 is 1.38 bits per heavy atom. The fraction of sp³-hybridized carbons (Fsp3) is 0.706. The van der Waals surface area contributed by atoms with E-state index in [1.165, 1.54) is 9.75 Å². The zero-order valence-corrected chi connectivity index (χ0v) is 14.2. The molecule has 1 amide bonds. The lowest BCUT2D eigenvalue weighted by Gasteiger charge is -2.36. The summed E-state index contributed by atoms with van der Waals surface area (Å²) in [4.78, 5) is 19.9. The SMILES string of the molecule is CCN1CCC(N(C)C(=O)[C@H]2C[C@@H]2c2ccc(C)s2)CC1. The summed E-state index contributed by atoms with van der Waals surface area (Å²) >= 11 is 1.85. The van der Waals surface area contributed by atoms with Gasteiger partial charge in [-0.15, -0.1) is 11.3 Å². The number of likely N-dealkylation sites (tertiary alicyclic amines) is 1. The monoisotopic (exact) mass is 306 g/mol. The highest BCUT2D eigenvalue weighted by atomic mass is 32.1. The number of rotatable bonds is 4. The second-order valence-electron chi connectivity index (χ2n) is 6.51. The maximum absolute atomic E-state index is 12.7. The molecule has 21 heavy (non-hydrogen) atoms. The molecule has 2 aliphatic rings. The molecule has 3 rings (SSSR count). The zero-order valence-electron chi connectivity index (χ0n) is 13.3. The van der Waals surface area contributed by atoms with Gasteiger partial charge in [-0.05, 0) is 44.9 Å². The van der Waals surface area contributed by atoms with Crippen molar-refractivity contribution >= 4 is 17.2 Å². The number of aryl methyl sites for hydroxylation is 1. The highest BCUT2D eigenvalue weighted by Gasteiger charge is 2.46. The van der Waals surface area contributed by atoms with Gasteiger partial charge in [0.1, 0.15) is 0 Å². The lowest BCUT2D eigenvalue weighted by atomic mass is 10.0. The van der Waals surface area contributed by atoms with Crippen molar-refractivity contribution in [1.29, 1.82) is 0 Å². The summed E-state index contributed by atoms with van der Waals surface area (Å²) < 4.78 is 0. The van der Waals surface area contributed by atoms with Crippen LogP contribution in [0.3, 0.4) is 0 Å². The minimum atomic E-state index is 0.247. The van der Waals surface area contributed by atoms with E-state index in [-0.39, 0.29) is 5.92 Å². The summed E-state index contributed by atoms with van der Waals surface area (Å²) in [5, 5.41) is 0. The smallest absolute Gasteiger partial charge is 0.226 e. The highest BCUT2D eigenvalue weighted by Crippen LogP contribution is 2.50. The molecular weight excluding hydrogens is 280 g/mol. The van der Waals surface area contributed by atoms with Crippen LogP contribution in [0, 0.1) is 12.8 Å². The van der Waals surface area contributed by atoms with Gasteiger partial charge < -0.3 is 9.80 Å². The minimum absolute atomic E-state index is 0.247. The first-order chi connectivity index (χ1) is 10.1. The van der Waals surface area contributed by atoms with E-state index >= 15 is 0 Å². The molecular formula is C17H26N2OS. The molecule has 4 heteroatoms. The third-order valence-electron chi connectivity index (χ3n) is 5.13. The number of carbonyl (C=O) groups is 1. The van der Waals surface area contributed by atoms with Crippen molar-refractivity contribution in [2.24, 2.45) is 5.92 Å². The van der Waals surface area contributed by atoms with Crippen LogP contribution in [0.2, 0.25) is 0 Å². The van der Waals surface area contributed by atoms with Gasteiger partial charge in [0.25, 0.3) is 0 Å². The van der Waals surface area contributed by atoms with E-state index < -0.39 is 0 Å². The number of nitrogens with zero attached hydrogens (tertiary/aromatic N) is 2. The molecule has 0 spiro atoms. The molecule has 1 aliphatic heterocycles. The fourth-order valence-electron chi connectivity index (χ4n) is 3.50. The van der Waals surface area contributed by atoms with Gasteiger partial charge in [-0.25, -0.2) is 0 Å². The second kappa shape index (κ2) is 6.09. The molecule has 0 radical (unpaired) electrons. The largest absolute Gasteiger partial charge is 0.342 e. The summed E-state index contributed by atoms with van der Waals surface area (Å²) in [5.74, 6) is 1.12. The number of hydrogen-bond acceptors (Lipinski definition) is 3. The van der Waals surface area contributed by atoms with Crippen LogP contribution in [0.5, 0.6) is 0 Å². The van der Waals surface area contributed by atoms with Crippen LogP contribution in [-0.2, 0) is 4.79 Å². The standard InChI is InChI=1S/C17H26N2OS/c1-4-19-9-7-13(8-10-19)18(3)17(20)15-11-14(15)16-6-5-12(2)21-16/h5-6,13-15H,4,7-11H2,1-3H3/t14-,15-/m0/s1.